The maximum atomic E-state index is 4.40. The summed E-state index contributed by atoms with van der Waals surface area (Å²) in [6, 6.07) is 4.28. The number of nitrogens with zero attached hydrogens (tertiary/aromatic N) is 1. The largest absolute Gasteiger partial charge is 0.341 e. The van der Waals surface area contributed by atoms with Crippen LogP contribution in [0.15, 0.2) is 18.3 Å². The van der Waals surface area contributed by atoms with Gasteiger partial charge in [-0.3, -0.25) is 0 Å². The van der Waals surface area contributed by atoms with E-state index in [0.29, 0.717) is 0 Å². The number of aromatic nitrogens is 2. The molecular weight excluding hydrogens is 218 g/mol. The Morgan fingerprint density at radius 1 is 1.44 bits per heavy atom. The van der Waals surface area contributed by atoms with Crippen LogP contribution < -0.4 is 5.32 Å². The van der Waals surface area contributed by atoms with Gasteiger partial charge in [0.15, 0.2) is 0 Å². The Balaban J connectivity index is 2.02. The van der Waals surface area contributed by atoms with Gasteiger partial charge in [-0.15, -0.1) is 11.3 Å². The first-order valence-corrected chi connectivity index (χ1v) is 6.36. The number of nitrogens with one attached hydrogen (secondary N) is 2. The van der Waals surface area contributed by atoms with E-state index >= 15 is 0 Å². The molecular formula is C12H17N3S. The van der Waals surface area contributed by atoms with Crippen molar-refractivity contribution in [3.63, 3.8) is 0 Å². The summed E-state index contributed by atoms with van der Waals surface area (Å²) in [7, 11) is 1.97. The van der Waals surface area contributed by atoms with Crippen molar-refractivity contribution in [3.05, 3.63) is 29.0 Å². The standard InChI is InChI=1S/C12H17N3S/c1-9-5-6-11(16-9)10-8-14-12(15-10)4-3-7-13-2/h5-6,8,13H,3-4,7H2,1-2H3,(H,14,15). The molecule has 86 valence electrons. The van der Waals surface area contributed by atoms with Crippen LogP contribution in [0.3, 0.4) is 0 Å². The predicted molar refractivity (Wildman–Crippen MR) is 68.9 cm³/mol. The van der Waals surface area contributed by atoms with Crippen LogP contribution in [0.2, 0.25) is 0 Å². The molecule has 2 N–H and O–H groups in total. The highest BCUT2D eigenvalue weighted by Gasteiger charge is 2.04. The topological polar surface area (TPSA) is 40.7 Å². The summed E-state index contributed by atoms with van der Waals surface area (Å²) in [5.41, 5.74) is 1.14. The molecule has 0 aromatic carbocycles. The minimum atomic E-state index is 1.01. The lowest BCUT2D eigenvalue weighted by atomic mass is 10.3. The van der Waals surface area contributed by atoms with Crippen LogP contribution in [0.1, 0.15) is 17.1 Å². The van der Waals surface area contributed by atoms with Crippen LogP contribution in [0.25, 0.3) is 10.6 Å². The highest BCUT2D eigenvalue weighted by molar-refractivity contribution is 7.15. The number of rotatable bonds is 5. The van der Waals surface area contributed by atoms with Crippen molar-refractivity contribution in [2.45, 2.75) is 19.8 Å². The molecule has 0 aliphatic carbocycles. The molecule has 2 heterocycles. The molecule has 3 nitrogen and oxygen atoms in total. The van der Waals surface area contributed by atoms with Crippen LogP contribution in [-0.4, -0.2) is 23.6 Å². The zero-order valence-corrected chi connectivity index (χ0v) is 10.5. The van der Waals surface area contributed by atoms with E-state index < -0.39 is 0 Å². The van der Waals surface area contributed by atoms with E-state index in [1.165, 1.54) is 9.75 Å². The molecule has 0 atom stereocenters. The minimum absolute atomic E-state index is 1.01. The second-order valence-electron chi connectivity index (χ2n) is 3.86. The Labute approximate surface area is 99.9 Å². The number of hydrogen-bond acceptors (Lipinski definition) is 3. The predicted octanol–water partition coefficient (Wildman–Crippen LogP) is 2.60. The number of aromatic amines is 1. The van der Waals surface area contributed by atoms with E-state index in [1.54, 1.807) is 11.3 Å². The maximum absolute atomic E-state index is 4.40. The summed E-state index contributed by atoms with van der Waals surface area (Å²) in [6.07, 6.45) is 4.05. The molecule has 0 spiro atoms. The monoisotopic (exact) mass is 235 g/mol. The molecule has 0 saturated carbocycles. The van der Waals surface area contributed by atoms with Crippen molar-refractivity contribution in [2.24, 2.45) is 0 Å². The van der Waals surface area contributed by atoms with Crippen LogP contribution >= 0.6 is 11.3 Å². The normalized spacial score (nSPS) is 10.9. The average Bonchev–Trinajstić information content (AvgIpc) is 2.87. The summed E-state index contributed by atoms with van der Waals surface area (Å²) in [5.74, 6) is 1.08. The molecule has 0 aliphatic heterocycles. The molecule has 2 aromatic heterocycles. The fourth-order valence-corrected chi connectivity index (χ4v) is 2.46. The second-order valence-corrected chi connectivity index (χ2v) is 5.15. The van der Waals surface area contributed by atoms with E-state index in [9.17, 15) is 0 Å². The minimum Gasteiger partial charge on any atom is -0.341 e. The third kappa shape index (κ3) is 2.71. The van der Waals surface area contributed by atoms with Gasteiger partial charge in [0.2, 0.25) is 0 Å². The highest BCUT2D eigenvalue weighted by Crippen LogP contribution is 2.25. The van der Waals surface area contributed by atoms with Gasteiger partial charge in [0, 0.05) is 11.3 Å². The molecule has 0 radical (unpaired) electrons. The Hall–Kier alpha value is -1.13. The molecule has 0 bridgehead atoms. The third-order valence-corrected chi connectivity index (χ3v) is 3.51. The molecule has 2 rings (SSSR count). The first-order chi connectivity index (χ1) is 7.79. The fraction of sp³-hybridized carbons (Fsp3) is 0.417. The van der Waals surface area contributed by atoms with Crippen molar-refractivity contribution in [2.75, 3.05) is 13.6 Å². The van der Waals surface area contributed by atoms with Crippen LogP contribution in [0.4, 0.5) is 0 Å². The van der Waals surface area contributed by atoms with Crippen molar-refractivity contribution in [3.8, 4) is 10.6 Å². The number of H-pyrrole nitrogens is 1. The van der Waals surface area contributed by atoms with Gasteiger partial charge in [-0.1, -0.05) is 0 Å². The van der Waals surface area contributed by atoms with E-state index in [4.69, 9.17) is 0 Å². The molecule has 0 unspecified atom stereocenters. The lowest BCUT2D eigenvalue weighted by molar-refractivity contribution is 0.708. The quantitative estimate of drug-likeness (QED) is 0.782. The SMILES string of the molecule is CNCCCc1ncc(-c2ccc(C)s2)[nH]1. The van der Waals surface area contributed by atoms with E-state index in [1.807, 2.05) is 13.2 Å². The Bertz CT molecular complexity index is 445. The van der Waals surface area contributed by atoms with Gasteiger partial charge in [-0.2, -0.15) is 0 Å². The Morgan fingerprint density at radius 2 is 2.31 bits per heavy atom. The maximum Gasteiger partial charge on any atom is 0.106 e. The number of thiophene rings is 1. The molecule has 0 aliphatic rings. The van der Waals surface area contributed by atoms with E-state index in [-0.39, 0.29) is 0 Å². The summed E-state index contributed by atoms with van der Waals surface area (Å²) >= 11 is 1.80. The van der Waals surface area contributed by atoms with Gasteiger partial charge in [0.05, 0.1) is 16.8 Å². The van der Waals surface area contributed by atoms with Gasteiger partial charge >= 0.3 is 0 Å². The summed E-state index contributed by atoms with van der Waals surface area (Å²) in [4.78, 5) is 10.4. The first-order valence-electron chi connectivity index (χ1n) is 5.55. The second kappa shape index (κ2) is 5.27. The lowest BCUT2D eigenvalue weighted by Gasteiger charge is -1.96. The number of imidazole rings is 1. The molecule has 0 saturated heterocycles. The van der Waals surface area contributed by atoms with Gasteiger partial charge in [-0.05, 0) is 39.1 Å². The molecule has 16 heavy (non-hydrogen) atoms. The van der Waals surface area contributed by atoms with Crippen molar-refractivity contribution in [1.29, 1.82) is 0 Å². The third-order valence-electron chi connectivity index (χ3n) is 2.47. The van der Waals surface area contributed by atoms with Crippen molar-refractivity contribution < 1.29 is 0 Å². The summed E-state index contributed by atoms with van der Waals surface area (Å²) in [6.45, 7) is 3.16. The molecule has 2 aromatic rings. The van der Waals surface area contributed by atoms with Gasteiger partial charge in [0.1, 0.15) is 5.82 Å². The zero-order valence-electron chi connectivity index (χ0n) is 9.71. The van der Waals surface area contributed by atoms with E-state index in [2.05, 4.69) is 34.3 Å². The fourth-order valence-electron chi connectivity index (χ4n) is 1.63. The van der Waals surface area contributed by atoms with Gasteiger partial charge < -0.3 is 10.3 Å². The summed E-state index contributed by atoms with van der Waals surface area (Å²) < 4.78 is 0. The highest BCUT2D eigenvalue weighted by atomic mass is 32.1. The molecule has 0 fully saturated rings. The average molecular weight is 235 g/mol. The number of hydrogen-bond donors (Lipinski definition) is 2. The van der Waals surface area contributed by atoms with Crippen molar-refractivity contribution >= 4 is 11.3 Å². The van der Waals surface area contributed by atoms with Gasteiger partial charge in [-0.25, -0.2) is 4.98 Å². The Morgan fingerprint density at radius 3 is 3.00 bits per heavy atom. The van der Waals surface area contributed by atoms with Crippen LogP contribution in [-0.2, 0) is 6.42 Å². The zero-order chi connectivity index (χ0) is 11.4. The number of aryl methyl sites for hydroxylation is 2. The Kier molecular flexibility index (Phi) is 3.74. The summed E-state index contributed by atoms with van der Waals surface area (Å²) in [5, 5.41) is 3.14. The van der Waals surface area contributed by atoms with Crippen molar-refractivity contribution in [1.82, 2.24) is 15.3 Å². The molecule has 0 amide bonds. The molecule has 4 heteroatoms. The van der Waals surface area contributed by atoms with Crippen LogP contribution in [0, 0.1) is 6.92 Å². The smallest absolute Gasteiger partial charge is 0.106 e. The van der Waals surface area contributed by atoms with Gasteiger partial charge in [0.25, 0.3) is 0 Å². The first kappa shape index (κ1) is 11.4. The van der Waals surface area contributed by atoms with E-state index in [0.717, 1.165) is 30.9 Å². The van der Waals surface area contributed by atoms with Crippen LogP contribution in [0.5, 0.6) is 0 Å². The lowest BCUT2D eigenvalue weighted by Crippen LogP contribution is -2.08.